The van der Waals surface area contributed by atoms with Crippen molar-refractivity contribution in [1.82, 2.24) is 5.32 Å². The molecule has 1 N–H and O–H groups in total. The fourth-order valence-electron chi connectivity index (χ4n) is 3.66. The van der Waals surface area contributed by atoms with Crippen molar-refractivity contribution in [2.75, 3.05) is 17.1 Å². The number of aryl methyl sites for hydroxylation is 3. The molecule has 1 atom stereocenters. The minimum Gasteiger partial charge on any atom is -0.348 e. The van der Waals surface area contributed by atoms with Crippen molar-refractivity contribution in [3.8, 4) is 0 Å². The van der Waals surface area contributed by atoms with Gasteiger partial charge < -0.3 is 5.32 Å². The van der Waals surface area contributed by atoms with Crippen molar-refractivity contribution >= 4 is 21.6 Å². The van der Waals surface area contributed by atoms with Gasteiger partial charge in [-0.15, -0.1) is 0 Å². The van der Waals surface area contributed by atoms with Crippen LogP contribution < -0.4 is 9.62 Å². The Balaban J connectivity index is 1.71. The van der Waals surface area contributed by atoms with E-state index in [9.17, 15) is 13.2 Å². The third-order valence-electron chi connectivity index (χ3n) is 5.32. The van der Waals surface area contributed by atoms with Crippen LogP contribution in [0.1, 0.15) is 48.6 Å². The number of nitrogens with zero attached hydrogens (tertiary/aromatic N) is 1. The Kier molecular flexibility index (Phi) is 6.08. The number of rotatable bonds is 7. The van der Waals surface area contributed by atoms with Gasteiger partial charge in [0, 0.05) is 0 Å². The van der Waals surface area contributed by atoms with Crippen LogP contribution in [0.5, 0.6) is 0 Å². The SMILES string of the molecule is CCc1ccc(N(CC(=O)N[C@H](C)c2ccc3c(c2)CCC3)S(C)(=O)=O)cc1. The maximum Gasteiger partial charge on any atom is 0.241 e. The fraction of sp³-hybridized carbons (Fsp3) is 0.409. The normalized spacial score (nSPS) is 14.4. The van der Waals surface area contributed by atoms with Crippen LogP contribution >= 0.6 is 0 Å². The van der Waals surface area contributed by atoms with Crippen LogP contribution in [0.4, 0.5) is 5.69 Å². The lowest BCUT2D eigenvalue weighted by atomic mass is 10.0. The molecule has 0 spiro atoms. The summed E-state index contributed by atoms with van der Waals surface area (Å²) in [5.41, 5.74) is 5.41. The molecule has 0 bridgehead atoms. The Bertz CT molecular complexity index is 952. The molecule has 0 fully saturated rings. The van der Waals surface area contributed by atoms with Crippen LogP contribution in [0.15, 0.2) is 42.5 Å². The number of amides is 1. The number of fused-ring (bicyclic) bond motifs is 1. The van der Waals surface area contributed by atoms with Crippen molar-refractivity contribution < 1.29 is 13.2 Å². The summed E-state index contributed by atoms with van der Waals surface area (Å²) in [4.78, 5) is 12.6. The number of carbonyl (C=O) groups is 1. The van der Waals surface area contributed by atoms with E-state index in [0.717, 1.165) is 41.0 Å². The number of sulfonamides is 1. The van der Waals surface area contributed by atoms with Crippen molar-refractivity contribution in [3.05, 3.63) is 64.7 Å². The van der Waals surface area contributed by atoms with E-state index < -0.39 is 10.0 Å². The quantitative estimate of drug-likeness (QED) is 0.775. The van der Waals surface area contributed by atoms with Crippen LogP contribution in [0.2, 0.25) is 0 Å². The van der Waals surface area contributed by atoms with E-state index in [0.29, 0.717) is 5.69 Å². The molecule has 1 aliphatic carbocycles. The third kappa shape index (κ3) is 4.73. The van der Waals surface area contributed by atoms with Gasteiger partial charge in [0.05, 0.1) is 18.0 Å². The van der Waals surface area contributed by atoms with Gasteiger partial charge in [0.15, 0.2) is 0 Å². The summed E-state index contributed by atoms with van der Waals surface area (Å²) in [6, 6.07) is 13.4. The Morgan fingerprint density at radius 3 is 2.43 bits per heavy atom. The number of anilines is 1. The Morgan fingerprint density at radius 2 is 1.79 bits per heavy atom. The van der Waals surface area contributed by atoms with E-state index in [1.165, 1.54) is 17.5 Å². The van der Waals surface area contributed by atoms with Crippen molar-refractivity contribution in [3.63, 3.8) is 0 Å². The van der Waals surface area contributed by atoms with Crippen LogP contribution in [-0.2, 0) is 34.1 Å². The first-order chi connectivity index (χ1) is 13.3. The molecule has 0 aromatic heterocycles. The zero-order valence-electron chi connectivity index (χ0n) is 16.7. The van der Waals surface area contributed by atoms with Gasteiger partial charge in [-0.2, -0.15) is 0 Å². The fourth-order valence-corrected chi connectivity index (χ4v) is 4.52. The largest absolute Gasteiger partial charge is 0.348 e. The van der Waals surface area contributed by atoms with Gasteiger partial charge in [-0.1, -0.05) is 37.3 Å². The van der Waals surface area contributed by atoms with Crippen molar-refractivity contribution in [1.29, 1.82) is 0 Å². The molecule has 0 saturated carbocycles. The highest BCUT2D eigenvalue weighted by molar-refractivity contribution is 7.92. The summed E-state index contributed by atoms with van der Waals surface area (Å²) in [5.74, 6) is -0.321. The lowest BCUT2D eigenvalue weighted by Crippen LogP contribution is -2.41. The van der Waals surface area contributed by atoms with Gasteiger partial charge in [-0.3, -0.25) is 9.10 Å². The molecule has 2 aromatic carbocycles. The lowest BCUT2D eigenvalue weighted by molar-refractivity contribution is -0.120. The molecule has 150 valence electrons. The van der Waals surface area contributed by atoms with Crippen molar-refractivity contribution in [2.24, 2.45) is 0 Å². The lowest BCUT2D eigenvalue weighted by Gasteiger charge is -2.23. The van der Waals surface area contributed by atoms with E-state index in [1.54, 1.807) is 12.1 Å². The van der Waals surface area contributed by atoms with Gasteiger partial charge in [0.25, 0.3) is 0 Å². The van der Waals surface area contributed by atoms with Gasteiger partial charge in [0.2, 0.25) is 15.9 Å². The summed E-state index contributed by atoms with van der Waals surface area (Å²) < 4.78 is 25.7. The molecule has 2 aromatic rings. The molecule has 0 heterocycles. The monoisotopic (exact) mass is 400 g/mol. The predicted molar refractivity (Wildman–Crippen MR) is 113 cm³/mol. The van der Waals surface area contributed by atoms with E-state index in [4.69, 9.17) is 0 Å². The molecule has 28 heavy (non-hydrogen) atoms. The molecule has 0 aliphatic heterocycles. The second-order valence-electron chi connectivity index (χ2n) is 7.46. The summed E-state index contributed by atoms with van der Waals surface area (Å²) in [6.45, 7) is 3.73. The van der Waals surface area contributed by atoms with E-state index in [-0.39, 0.29) is 18.5 Å². The third-order valence-corrected chi connectivity index (χ3v) is 6.46. The first-order valence-corrected chi connectivity index (χ1v) is 11.6. The highest BCUT2D eigenvalue weighted by Crippen LogP contribution is 2.25. The first kappa shape index (κ1) is 20.4. The molecule has 0 unspecified atom stereocenters. The molecule has 0 radical (unpaired) electrons. The van der Waals surface area contributed by atoms with Gasteiger partial charge in [-0.25, -0.2) is 8.42 Å². The van der Waals surface area contributed by atoms with Crippen LogP contribution in [-0.4, -0.2) is 27.1 Å². The van der Waals surface area contributed by atoms with Gasteiger partial charge in [0.1, 0.15) is 6.54 Å². The molecule has 0 saturated heterocycles. The Morgan fingerprint density at radius 1 is 1.11 bits per heavy atom. The van der Waals surface area contributed by atoms with E-state index in [1.807, 2.05) is 32.0 Å². The smallest absolute Gasteiger partial charge is 0.241 e. The first-order valence-electron chi connectivity index (χ1n) is 9.75. The van der Waals surface area contributed by atoms with E-state index in [2.05, 4.69) is 17.4 Å². The summed E-state index contributed by atoms with van der Waals surface area (Å²) in [5, 5.41) is 2.94. The molecule has 5 nitrogen and oxygen atoms in total. The number of benzene rings is 2. The standard InChI is InChI=1S/C22H28N2O3S/c1-4-17-8-12-21(13-9-17)24(28(3,26)27)15-22(25)23-16(2)19-11-10-18-6-5-7-20(18)14-19/h8-14,16H,4-7,15H2,1-3H3,(H,23,25)/t16-/m1/s1. The van der Waals surface area contributed by atoms with Gasteiger partial charge in [-0.05, 0) is 67.0 Å². The molecular formula is C22H28N2O3S. The minimum atomic E-state index is -3.57. The zero-order valence-corrected chi connectivity index (χ0v) is 17.6. The summed E-state index contributed by atoms with van der Waals surface area (Å²) >= 11 is 0. The molecular weight excluding hydrogens is 372 g/mol. The van der Waals surface area contributed by atoms with Crippen LogP contribution in [0.3, 0.4) is 0 Å². The molecule has 6 heteroatoms. The highest BCUT2D eigenvalue weighted by atomic mass is 32.2. The minimum absolute atomic E-state index is 0.178. The second kappa shape index (κ2) is 8.35. The maximum absolute atomic E-state index is 12.6. The average molecular weight is 401 g/mol. The average Bonchev–Trinajstić information content (AvgIpc) is 3.13. The van der Waals surface area contributed by atoms with Crippen molar-refractivity contribution in [2.45, 2.75) is 45.6 Å². The molecule has 3 rings (SSSR count). The summed E-state index contributed by atoms with van der Waals surface area (Å²) in [6.07, 6.45) is 5.38. The van der Waals surface area contributed by atoms with Crippen LogP contribution in [0, 0.1) is 0 Å². The van der Waals surface area contributed by atoms with Crippen LogP contribution in [0.25, 0.3) is 0 Å². The number of nitrogens with one attached hydrogen (secondary N) is 1. The highest BCUT2D eigenvalue weighted by Gasteiger charge is 2.22. The topological polar surface area (TPSA) is 66.5 Å². The Labute approximate surface area is 167 Å². The van der Waals surface area contributed by atoms with Gasteiger partial charge >= 0.3 is 0 Å². The zero-order chi connectivity index (χ0) is 20.3. The van der Waals surface area contributed by atoms with E-state index >= 15 is 0 Å². The molecule has 1 amide bonds. The Hall–Kier alpha value is -2.34. The second-order valence-corrected chi connectivity index (χ2v) is 9.37. The maximum atomic E-state index is 12.6. The predicted octanol–water partition coefficient (Wildman–Crippen LogP) is 3.38. The number of hydrogen-bond donors (Lipinski definition) is 1. The summed E-state index contributed by atoms with van der Waals surface area (Å²) in [7, 11) is -3.57. The number of hydrogen-bond acceptors (Lipinski definition) is 3. The number of carbonyl (C=O) groups excluding carboxylic acids is 1. The molecule has 1 aliphatic rings.